The van der Waals surface area contributed by atoms with E-state index in [1.807, 2.05) is 0 Å². The van der Waals surface area contributed by atoms with Crippen molar-refractivity contribution >= 4 is 17.3 Å². The third kappa shape index (κ3) is 3.90. The summed E-state index contributed by atoms with van der Waals surface area (Å²) >= 11 is 0. The molecule has 0 aliphatic carbocycles. The molecule has 4 rings (SSSR count). The zero-order valence-corrected chi connectivity index (χ0v) is 14.9. The highest BCUT2D eigenvalue weighted by atomic mass is 16.7. The molecule has 1 aliphatic heterocycles. The first-order chi connectivity index (χ1) is 14.0. The Morgan fingerprint density at radius 3 is 2.79 bits per heavy atom. The number of ether oxygens (including phenoxy) is 2. The van der Waals surface area contributed by atoms with Gasteiger partial charge in [0.25, 0.3) is 11.2 Å². The molecule has 2 aromatic carbocycles. The largest absolute Gasteiger partial charge is 0.454 e. The summed E-state index contributed by atoms with van der Waals surface area (Å²) < 4.78 is 11.5. The van der Waals surface area contributed by atoms with Gasteiger partial charge in [-0.1, -0.05) is 12.1 Å². The molecule has 0 atom stereocenters. The van der Waals surface area contributed by atoms with E-state index in [0.717, 1.165) is 4.68 Å². The van der Waals surface area contributed by atoms with Crippen LogP contribution in [-0.2, 0) is 11.3 Å². The molecule has 0 spiro atoms. The molecule has 2 heterocycles. The fourth-order valence-electron chi connectivity index (χ4n) is 2.81. The number of nitro benzene ring substituents is 1. The summed E-state index contributed by atoms with van der Waals surface area (Å²) in [6, 6.07) is 13.5. The van der Waals surface area contributed by atoms with Crippen molar-refractivity contribution in [2.24, 2.45) is 0 Å². The van der Waals surface area contributed by atoms with Crippen molar-refractivity contribution in [3.8, 4) is 22.8 Å². The summed E-state index contributed by atoms with van der Waals surface area (Å²) in [6.07, 6.45) is 0. The molecule has 0 unspecified atom stereocenters. The number of carbonyl (C=O) groups is 1. The van der Waals surface area contributed by atoms with Crippen molar-refractivity contribution in [1.29, 1.82) is 0 Å². The van der Waals surface area contributed by atoms with E-state index in [9.17, 15) is 19.7 Å². The number of rotatable bonds is 5. The number of hydrogen-bond acceptors (Lipinski definition) is 7. The average Bonchev–Trinajstić information content (AvgIpc) is 3.17. The second-order valence-corrected chi connectivity index (χ2v) is 6.14. The maximum absolute atomic E-state index is 12.4. The maximum atomic E-state index is 12.4. The lowest BCUT2D eigenvalue weighted by atomic mass is 10.1. The predicted octanol–water partition coefficient (Wildman–Crippen LogP) is 2.19. The normalized spacial score (nSPS) is 11.9. The van der Waals surface area contributed by atoms with Gasteiger partial charge in [0.2, 0.25) is 12.7 Å². The van der Waals surface area contributed by atoms with Gasteiger partial charge < -0.3 is 14.8 Å². The van der Waals surface area contributed by atoms with Crippen molar-refractivity contribution in [2.75, 3.05) is 12.1 Å². The summed E-state index contributed by atoms with van der Waals surface area (Å²) in [5.41, 5.74) is 0.720. The lowest BCUT2D eigenvalue weighted by molar-refractivity contribution is -0.384. The molecule has 1 aliphatic rings. The molecule has 0 fully saturated rings. The first-order valence-electron chi connectivity index (χ1n) is 8.52. The first-order valence-corrected chi connectivity index (χ1v) is 8.52. The van der Waals surface area contributed by atoms with Crippen molar-refractivity contribution in [3.63, 3.8) is 0 Å². The number of nitrogens with one attached hydrogen (secondary N) is 1. The number of anilines is 1. The van der Waals surface area contributed by atoms with Crippen LogP contribution in [0.4, 0.5) is 11.4 Å². The van der Waals surface area contributed by atoms with Gasteiger partial charge in [-0.05, 0) is 18.2 Å². The Labute approximate surface area is 163 Å². The number of hydrogen-bond donors (Lipinski definition) is 1. The van der Waals surface area contributed by atoms with E-state index < -0.39 is 16.4 Å². The minimum absolute atomic E-state index is 0.0948. The second kappa shape index (κ2) is 7.43. The Kier molecular flexibility index (Phi) is 4.65. The zero-order valence-electron chi connectivity index (χ0n) is 14.9. The van der Waals surface area contributed by atoms with Gasteiger partial charge in [-0.25, -0.2) is 4.68 Å². The Balaban J connectivity index is 1.53. The third-order valence-electron chi connectivity index (χ3n) is 4.17. The van der Waals surface area contributed by atoms with Crippen LogP contribution >= 0.6 is 0 Å². The standard InChI is InChI=1S/C19H14N4O6/c24-18(20-13-4-6-16-17(9-13)29-11-28-16)10-22-19(25)7-5-15(21-22)12-2-1-3-14(8-12)23(26)27/h1-9H,10-11H2,(H,20,24). The molecule has 10 heteroatoms. The molecule has 0 bridgehead atoms. The van der Waals surface area contributed by atoms with Gasteiger partial charge in [0.1, 0.15) is 6.54 Å². The minimum Gasteiger partial charge on any atom is -0.454 e. The van der Waals surface area contributed by atoms with Crippen molar-refractivity contribution < 1.29 is 19.2 Å². The fourth-order valence-corrected chi connectivity index (χ4v) is 2.81. The van der Waals surface area contributed by atoms with Gasteiger partial charge in [0, 0.05) is 35.5 Å². The molecule has 1 N–H and O–H groups in total. The quantitative estimate of drug-likeness (QED) is 0.519. The molecule has 0 saturated carbocycles. The van der Waals surface area contributed by atoms with Crippen LogP contribution in [0.25, 0.3) is 11.3 Å². The second-order valence-electron chi connectivity index (χ2n) is 6.14. The number of carbonyl (C=O) groups excluding carboxylic acids is 1. The number of fused-ring (bicyclic) bond motifs is 1. The van der Waals surface area contributed by atoms with E-state index in [2.05, 4.69) is 10.4 Å². The minimum atomic E-state index is -0.516. The Hall–Kier alpha value is -4.21. The molecular formula is C19H14N4O6. The fraction of sp³-hybridized carbons (Fsp3) is 0.105. The lowest BCUT2D eigenvalue weighted by Crippen LogP contribution is -2.29. The third-order valence-corrected chi connectivity index (χ3v) is 4.17. The van der Waals surface area contributed by atoms with E-state index in [1.165, 1.54) is 30.3 Å². The van der Waals surface area contributed by atoms with Crippen LogP contribution in [0.3, 0.4) is 0 Å². The highest BCUT2D eigenvalue weighted by Gasteiger charge is 2.15. The van der Waals surface area contributed by atoms with E-state index in [0.29, 0.717) is 28.4 Å². The van der Waals surface area contributed by atoms with Gasteiger partial charge in [0.05, 0.1) is 10.6 Å². The SMILES string of the molecule is O=C(Cn1nc(-c2cccc([N+](=O)[O-])c2)ccc1=O)Nc1ccc2c(c1)OCO2. The van der Waals surface area contributed by atoms with Crippen LogP contribution in [-0.4, -0.2) is 27.4 Å². The van der Waals surface area contributed by atoms with Gasteiger partial charge >= 0.3 is 0 Å². The summed E-state index contributed by atoms with van der Waals surface area (Å²) in [4.78, 5) is 34.9. The number of nitro groups is 1. The van der Waals surface area contributed by atoms with Crippen molar-refractivity contribution in [1.82, 2.24) is 9.78 Å². The highest BCUT2D eigenvalue weighted by molar-refractivity contribution is 5.90. The summed E-state index contributed by atoms with van der Waals surface area (Å²) in [5, 5.41) is 17.8. The van der Waals surface area contributed by atoms with Gasteiger partial charge in [-0.15, -0.1) is 0 Å². The van der Waals surface area contributed by atoms with Crippen LogP contribution in [0.5, 0.6) is 11.5 Å². The van der Waals surface area contributed by atoms with Crippen molar-refractivity contribution in [2.45, 2.75) is 6.54 Å². The molecule has 0 radical (unpaired) electrons. The van der Waals surface area contributed by atoms with E-state index >= 15 is 0 Å². The monoisotopic (exact) mass is 394 g/mol. The lowest BCUT2D eigenvalue weighted by Gasteiger charge is -2.09. The van der Waals surface area contributed by atoms with Crippen LogP contribution < -0.4 is 20.3 Å². The van der Waals surface area contributed by atoms with Gasteiger partial charge in [-0.2, -0.15) is 5.10 Å². The molecule has 10 nitrogen and oxygen atoms in total. The molecule has 29 heavy (non-hydrogen) atoms. The molecule has 0 saturated heterocycles. The summed E-state index contributed by atoms with van der Waals surface area (Å²) in [7, 11) is 0. The molecule has 1 aromatic heterocycles. The Bertz CT molecular complexity index is 1170. The number of amides is 1. The highest BCUT2D eigenvalue weighted by Crippen LogP contribution is 2.34. The van der Waals surface area contributed by atoms with Crippen molar-refractivity contribution in [3.05, 3.63) is 75.1 Å². The maximum Gasteiger partial charge on any atom is 0.270 e. The topological polar surface area (TPSA) is 126 Å². The predicted molar refractivity (Wildman–Crippen MR) is 102 cm³/mol. The van der Waals surface area contributed by atoms with Gasteiger partial charge in [0.15, 0.2) is 11.5 Å². The number of benzene rings is 2. The number of aromatic nitrogens is 2. The summed E-state index contributed by atoms with van der Waals surface area (Å²) in [6.45, 7) is -0.202. The number of non-ortho nitro benzene ring substituents is 1. The van der Waals surface area contributed by atoms with Crippen LogP contribution in [0.2, 0.25) is 0 Å². The van der Waals surface area contributed by atoms with Crippen LogP contribution in [0, 0.1) is 10.1 Å². The van der Waals surface area contributed by atoms with E-state index in [4.69, 9.17) is 9.47 Å². The first kappa shape index (κ1) is 18.2. The average molecular weight is 394 g/mol. The molecule has 1 amide bonds. The van der Waals surface area contributed by atoms with Crippen LogP contribution in [0.15, 0.2) is 59.4 Å². The Morgan fingerprint density at radius 2 is 1.97 bits per heavy atom. The van der Waals surface area contributed by atoms with Gasteiger partial charge in [-0.3, -0.25) is 19.7 Å². The number of nitrogens with zero attached hydrogens (tertiary/aromatic N) is 3. The van der Waals surface area contributed by atoms with E-state index in [1.54, 1.807) is 24.3 Å². The zero-order chi connectivity index (χ0) is 20.4. The molecule has 3 aromatic rings. The van der Waals surface area contributed by atoms with Crippen LogP contribution in [0.1, 0.15) is 0 Å². The Morgan fingerprint density at radius 1 is 1.14 bits per heavy atom. The smallest absolute Gasteiger partial charge is 0.270 e. The summed E-state index contributed by atoms with van der Waals surface area (Å²) in [5.74, 6) is 0.644. The molecule has 146 valence electrons. The molecular weight excluding hydrogens is 380 g/mol. The van der Waals surface area contributed by atoms with E-state index in [-0.39, 0.29) is 19.0 Å².